The van der Waals surface area contributed by atoms with Crippen LogP contribution in [0.3, 0.4) is 0 Å². The number of nitrogens with zero attached hydrogens (tertiary/aromatic N) is 3. The summed E-state index contributed by atoms with van der Waals surface area (Å²) in [6.07, 6.45) is 5.95. The lowest BCUT2D eigenvalue weighted by Gasteiger charge is -2.30. The van der Waals surface area contributed by atoms with E-state index in [9.17, 15) is 4.79 Å². The lowest BCUT2D eigenvalue weighted by Crippen LogP contribution is -2.29. The Bertz CT molecular complexity index is 1300. The summed E-state index contributed by atoms with van der Waals surface area (Å²) in [5.41, 5.74) is 5.45. The molecule has 0 fully saturated rings. The van der Waals surface area contributed by atoms with Crippen molar-refractivity contribution in [2.24, 2.45) is 5.92 Å². The van der Waals surface area contributed by atoms with Gasteiger partial charge in [-0.15, -0.1) is 0 Å². The average molecular weight is 458 g/mol. The SMILES string of the molecule is COC(=O)c1cccc2c1c(-c1cncc(-c3ccc(OC)cc3)c1)cn2C(C(C)C)N(C)C. The molecule has 4 aromatic rings. The summed E-state index contributed by atoms with van der Waals surface area (Å²) in [6, 6.07) is 15.8. The molecule has 2 aromatic carbocycles. The number of aromatic nitrogens is 2. The van der Waals surface area contributed by atoms with E-state index in [4.69, 9.17) is 9.47 Å². The Morgan fingerprint density at radius 2 is 1.68 bits per heavy atom. The van der Waals surface area contributed by atoms with Crippen LogP contribution in [0.1, 0.15) is 30.4 Å². The van der Waals surface area contributed by atoms with Crippen LogP contribution in [0.25, 0.3) is 33.2 Å². The van der Waals surface area contributed by atoms with Gasteiger partial charge in [-0.2, -0.15) is 0 Å². The van der Waals surface area contributed by atoms with Crippen LogP contribution >= 0.6 is 0 Å². The lowest BCUT2D eigenvalue weighted by atomic mass is 9.99. The molecular formula is C28H31N3O3. The number of esters is 1. The van der Waals surface area contributed by atoms with E-state index in [0.29, 0.717) is 11.5 Å². The lowest BCUT2D eigenvalue weighted by molar-refractivity contribution is 0.0603. The third-order valence-corrected chi connectivity index (χ3v) is 6.15. The van der Waals surface area contributed by atoms with Crippen LogP contribution < -0.4 is 4.74 Å². The third kappa shape index (κ3) is 4.29. The minimum absolute atomic E-state index is 0.113. The van der Waals surface area contributed by atoms with E-state index in [0.717, 1.165) is 38.9 Å². The molecule has 0 amide bonds. The van der Waals surface area contributed by atoms with Gasteiger partial charge in [0, 0.05) is 40.7 Å². The van der Waals surface area contributed by atoms with E-state index >= 15 is 0 Å². The van der Waals surface area contributed by atoms with Crippen LogP contribution in [0.15, 0.2) is 67.1 Å². The number of carbonyl (C=O) groups excluding carboxylic acids is 1. The molecule has 0 saturated heterocycles. The molecule has 0 saturated carbocycles. The molecule has 0 aliphatic carbocycles. The van der Waals surface area contributed by atoms with Crippen LogP contribution in [0.4, 0.5) is 0 Å². The van der Waals surface area contributed by atoms with E-state index in [1.54, 1.807) is 7.11 Å². The molecular weight excluding hydrogens is 426 g/mol. The van der Waals surface area contributed by atoms with Crippen molar-refractivity contribution in [1.82, 2.24) is 14.5 Å². The van der Waals surface area contributed by atoms with Crippen LogP contribution in [0.2, 0.25) is 0 Å². The number of ether oxygens (including phenoxy) is 2. The third-order valence-electron chi connectivity index (χ3n) is 6.15. The number of carbonyl (C=O) groups is 1. The van der Waals surface area contributed by atoms with E-state index in [2.05, 4.69) is 60.7 Å². The molecule has 0 spiro atoms. The molecule has 6 nitrogen and oxygen atoms in total. The van der Waals surface area contributed by atoms with Gasteiger partial charge in [0.25, 0.3) is 0 Å². The molecule has 1 atom stereocenters. The first-order chi connectivity index (χ1) is 16.3. The van der Waals surface area contributed by atoms with Crippen LogP contribution in [-0.4, -0.2) is 48.7 Å². The topological polar surface area (TPSA) is 56.6 Å². The summed E-state index contributed by atoms with van der Waals surface area (Å²) in [4.78, 5) is 19.5. The Morgan fingerprint density at radius 1 is 0.971 bits per heavy atom. The highest BCUT2D eigenvalue weighted by molar-refractivity contribution is 6.10. The van der Waals surface area contributed by atoms with Gasteiger partial charge < -0.3 is 14.0 Å². The van der Waals surface area contributed by atoms with E-state index in [1.165, 1.54) is 7.11 Å². The highest BCUT2D eigenvalue weighted by atomic mass is 16.5. The summed E-state index contributed by atoms with van der Waals surface area (Å²) in [7, 11) is 7.22. The fourth-order valence-electron chi connectivity index (χ4n) is 4.72. The maximum absolute atomic E-state index is 12.7. The zero-order valence-electron chi connectivity index (χ0n) is 20.6. The molecule has 176 valence electrons. The van der Waals surface area contributed by atoms with Crippen molar-refractivity contribution in [2.45, 2.75) is 20.0 Å². The van der Waals surface area contributed by atoms with Gasteiger partial charge in [-0.3, -0.25) is 9.88 Å². The quantitative estimate of drug-likeness (QED) is 0.324. The number of hydrogen-bond acceptors (Lipinski definition) is 5. The molecule has 0 N–H and O–H groups in total. The molecule has 2 heterocycles. The number of benzene rings is 2. The Balaban J connectivity index is 1.95. The summed E-state index contributed by atoms with van der Waals surface area (Å²) < 4.78 is 12.7. The highest BCUT2D eigenvalue weighted by Gasteiger charge is 2.25. The maximum atomic E-state index is 12.7. The Kier molecular flexibility index (Phi) is 6.70. The number of rotatable bonds is 7. The largest absolute Gasteiger partial charge is 0.497 e. The second-order valence-electron chi connectivity index (χ2n) is 8.95. The Hall–Kier alpha value is -3.64. The number of fused-ring (bicyclic) bond motifs is 1. The van der Waals surface area contributed by atoms with Crippen LogP contribution in [0.5, 0.6) is 5.75 Å². The van der Waals surface area contributed by atoms with Gasteiger partial charge in [0.05, 0.1) is 31.5 Å². The van der Waals surface area contributed by atoms with Gasteiger partial charge in [-0.25, -0.2) is 4.79 Å². The fraction of sp³-hybridized carbons (Fsp3) is 0.286. The van der Waals surface area contributed by atoms with Crippen LogP contribution in [0, 0.1) is 5.92 Å². The van der Waals surface area contributed by atoms with Gasteiger partial charge in [0.1, 0.15) is 5.75 Å². The zero-order valence-corrected chi connectivity index (χ0v) is 20.6. The Morgan fingerprint density at radius 3 is 2.29 bits per heavy atom. The highest BCUT2D eigenvalue weighted by Crippen LogP contribution is 2.38. The van der Waals surface area contributed by atoms with Crippen molar-refractivity contribution in [3.05, 3.63) is 72.7 Å². The summed E-state index contributed by atoms with van der Waals surface area (Å²) >= 11 is 0. The van der Waals surface area contributed by atoms with Crippen molar-refractivity contribution in [3.63, 3.8) is 0 Å². The smallest absolute Gasteiger partial charge is 0.338 e. The summed E-state index contributed by atoms with van der Waals surface area (Å²) in [6.45, 7) is 4.40. The normalized spacial score (nSPS) is 12.4. The zero-order chi connectivity index (χ0) is 24.4. The van der Waals surface area contributed by atoms with E-state index < -0.39 is 0 Å². The second kappa shape index (κ2) is 9.69. The number of hydrogen-bond donors (Lipinski definition) is 0. The molecule has 0 aliphatic heterocycles. The number of pyridine rings is 1. The van der Waals surface area contributed by atoms with Crippen molar-refractivity contribution in [2.75, 3.05) is 28.3 Å². The standard InChI is InChI=1S/C28H31N3O3/c1-18(2)27(30(3)4)31-17-24(26-23(28(32)34-6)8-7-9-25(26)31)21-14-20(15-29-16-21)19-10-12-22(33-5)13-11-19/h7-18,27H,1-6H3. The first-order valence-corrected chi connectivity index (χ1v) is 11.3. The summed E-state index contributed by atoms with van der Waals surface area (Å²) in [5.74, 6) is 0.806. The molecule has 1 unspecified atom stereocenters. The first-order valence-electron chi connectivity index (χ1n) is 11.3. The fourth-order valence-corrected chi connectivity index (χ4v) is 4.72. The number of methoxy groups -OCH3 is 2. The Labute approximate surface area is 200 Å². The van der Waals surface area contributed by atoms with Crippen molar-refractivity contribution >= 4 is 16.9 Å². The minimum Gasteiger partial charge on any atom is -0.497 e. The maximum Gasteiger partial charge on any atom is 0.338 e. The minimum atomic E-state index is -0.352. The van der Waals surface area contributed by atoms with E-state index in [1.807, 2.05) is 48.8 Å². The van der Waals surface area contributed by atoms with Gasteiger partial charge in [0.15, 0.2) is 0 Å². The molecule has 2 aromatic heterocycles. The van der Waals surface area contributed by atoms with Gasteiger partial charge >= 0.3 is 5.97 Å². The molecule has 0 bridgehead atoms. The van der Waals surface area contributed by atoms with Crippen molar-refractivity contribution in [3.8, 4) is 28.0 Å². The first kappa shape index (κ1) is 23.5. The predicted molar refractivity (Wildman–Crippen MR) is 136 cm³/mol. The van der Waals surface area contributed by atoms with Crippen LogP contribution in [-0.2, 0) is 4.74 Å². The molecule has 34 heavy (non-hydrogen) atoms. The molecule has 6 heteroatoms. The van der Waals surface area contributed by atoms with Gasteiger partial charge in [-0.1, -0.05) is 32.0 Å². The molecule has 0 radical (unpaired) electrons. The molecule has 0 aliphatic rings. The van der Waals surface area contributed by atoms with Crippen molar-refractivity contribution < 1.29 is 14.3 Å². The van der Waals surface area contributed by atoms with Crippen molar-refractivity contribution in [1.29, 1.82) is 0 Å². The average Bonchev–Trinajstić information content (AvgIpc) is 3.22. The van der Waals surface area contributed by atoms with E-state index in [-0.39, 0.29) is 12.1 Å². The summed E-state index contributed by atoms with van der Waals surface area (Å²) in [5, 5.41) is 0.871. The van der Waals surface area contributed by atoms with Gasteiger partial charge in [-0.05, 0) is 55.9 Å². The molecule has 4 rings (SSSR count). The predicted octanol–water partition coefficient (Wildman–Crippen LogP) is 5.88. The van der Waals surface area contributed by atoms with Gasteiger partial charge in [0.2, 0.25) is 0 Å². The second-order valence-corrected chi connectivity index (χ2v) is 8.95. The monoisotopic (exact) mass is 457 g/mol.